The first-order chi connectivity index (χ1) is 12.2. The quantitative estimate of drug-likeness (QED) is 0.543. The zero-order chi connectivity index (χ0) is 17.5. The number of benzene rings is 2. The highest BCUT2D eigenvalue weighted by Crippen LogP contribution is 2.17. The summed E-state index contributed by atoms with van der Waals surface area (Å²) in [5, 5.41) is 8.09. The van der Waals surface area contributed by atoms with Crippen molar-refractivity contribution in [3.8, 4) is 0 Å². The number of nitrogens with one attached hydrogen (secondary N) is 3. The Balaban J connectivity index is 1.33. The van der Waals surface area contributed by atoms with E-state index in [-0.39, 0.29) is 5.91 Å². The first-order valence-electron chi connectivity index (χ1n) is 8.49. The molecule has 3 aromatic rings. The molecular formula is C20H22ClN3O. The summed E-state index contributed by atoms with van der Waals surface area (Å²) in [6.07, 6.45) is 3.71. The van der Waals surface area contributed by atoms with E-state index in [1.807, 2.05) is 42.6 Å². The molecule has 0 radical (unpaired) electrons. The lowest BCUT2D eigenvalue weighted by molar-refractivity contribution is -0.120. The summed E-state index contributed by atoms with van der Waals surface area (Å²) in [6.45, 7) is 1.73. The minimum absolute atomic E-state index is 0.0240. The summed E-state index contributed by atoms with van der Waals surface area (Å²) in [6, 6.07) is 16.0. The third-order valence-corrected chi connectivity index (χ3v) is 4.43. The fourth-order valence-electron chi connectivity index (χ4n) is 2.82. The van der Waals surface area contributed by atoms with Gasteiger partial charge in [-0.15, -0.1) is 0 Å². The van der Waals surface area contributed by atoms with Crippen molar-refractivity contribution in [1.82, 2.24) is 15.6 Å². The standard InChI is InChI=1S/C20H22ClN3O/c21-17-7-5-15(6-8-17)9-11-22-14-20(25)23-12-10-16-13-24-19-4-2-1-3-18(16)19/h1-8,13,22,24H,9-12,14H2,(H,23,25). The van der Waals surface area contributed by atoms with Crippen LogP contribution in [0, 0.1) is 0 Å². The summed E-state index contributed by atoms with van der Waals surface area (Å²) in [5.74, 6) is 0.0240. The molecule has 0 saturated carbocycles. The number of para-hydroxylation sites is 1. The summed E-state index contributed by atoms with van der Waals surface area (Å²) in [7, 11) is 0. The number of fused-ring (bicyclic) bond motifs is 1. The lowest BCUT2D eigenvalue weighted by Crippen LogP contribution is -2.35. The van der Waals surface area contributed by atoms with Gasteiger partial charge in [-0.3, -0.25) is 4.79 Å². The predicted molar refractivity (Wildman–Crippen MR) is 103 cm³/mol. The Morgan fingerprint density at radius 2 is 1.80 bits per heavy atom. The molecule has 0 unspecified atom stereocenters. The molecule has 0 aliphatic rings. The molecule has 0 fully saturated rings. The first kappa shape index (κ1) is 17.5. The average Bonchev–Trinajstić information content (AvgIpc) is 3.04. The van der Waals surface area contributed by atoms with Crippen molar-refractivity contribution < 1.29 is 4.79 Å². The Bertz CT molecular complexity index is 826. The lowest BCUT2D eigenvalue weighted by atomic mass is 10.1. The number of hydrogen-bond acceptors (Lipinski definition) is 2. The number of aromatic nitrogens is 1. The Morgan fingerprint density at radius 3 is 2.64 bits per heavy atom. The van der Waals surface area contributed by atoms with E-state index in [1.54, 1.807) is 0 Å². The number of halogens is 1. The second-order valence-corrected chi connectivity index (χ2v) is 6.45. The molecule has 0 bridgehead atoms. The minimum Gasteiger partial charge on any atom is -0.361 e. The van der Waals surface area contributed by atoms with Crippen molar-refractivity contribution in [2.75, 3.05) is 19.6 Å². The van der Waals surface area contributed by atoms with Gasteiger partial charge in [-0.05, 0) is 48.7 Å². The summed E-state index contributed by atoms with van der Waals surface area (Å²) in [4.78, 5) is 15.1. The fraction of sp³-hybridized carbons (Fsp3) is 0.250. The van der Waals surface area contributed by atoms with Crippen LogP contribution in [0.4, 0.5) is 0 Å². The van der Waals surface area contributed by atoms with Gasteiger partial charge in [0.1, 0.15) is 0 Å². The molecule has 25 heavy (non-hydrogen) atoms. The van der Waals surface area contributed by atoms with E-state index >= 15 is 0 Å². The van der Waals surface area contributed by atoms with Crippen molar-refractivity contribution in [2.24, 2.45) is 0 Å². The van der Waals surface area contributed by atoms with Crippen LogP contribution >= 0.6 is 11.6 Å². The van der Waals surface area contributed by atoms with E-state index in [2.05, 4.69) is 27.8 Å². The van der Waals surface area contributed by atoms with Crippen molar-refractivity contribution in [2.45, 2.75) is 12.8 Å². The molecule has 5 heteroatoms. The number of carbonyl (C=O) groups is 1. The van der Waals surface area contributed by atoms with Gasteiger partial charge in [0, 0.05) is 28.7 Å². The molecule has 1 heterocycles. The Morgan fingerprint density at radius 1 is 1.00 bits per heavy atom. The monoisotopic (exact) mass is 355 g/mol. The van der Waals surface area contributed by atoms with Crippen LogP contribution in [0.25, 0.3) is 10.9 Å². The van der Waals surface area contributed by atoms with E-state index in [1.165, 1.54) is 16.5 Å². The van der Waals surface area contributed by atoms with Gasteiger partial charge in [-0.2, -0.15) is 0 Å². The van der Waals surface area contributed by atoms with E-state index in [9.17, 15) is 4.79 Å². The predicted octanol–water partition coefficient (Wildman–Crippen LogP) is 3.31. The molecule has 3 rings (SSSR count). The van der Waals surface area contributed by atoms with Crippen LogP contribution in [0.1, 0.15) is 11.1 Å². The maximum absolute atomic E-state index is 11.9. The highest BCUT2D eigenvalue weighted by Gasteiger charge is 2.04. The molecule has 130 valence electrons. The van der Waals surface area contributed by atoms with Gasteiger partial charge < -0.3 is 15.6 Å². The first-order valence-corrected chi connectivity index (χ1v) is 8.87. The van der Waals surface area contributed by atoms with Crippen LogP contribution in [0.3, 0.4) is 0 Å². The van der Waals surface area contributed by atoms with Crippen LogP contribution < -0.4 is 10.6 Å². The largest absolute Gasteiger partial charge is 0.361 e. The molecule has 0 aliphatic heterocycles. The maximum atomic E-state index is 11.9. The molecule has 2 aromatic carbocycles. The third-order valence-electron chi connectivity index (χ3n) is 4.18. The van der Waals surface area contributed by atoms with Crippen LogP contribution in [0.15, 0.2) is 54.7 Å². The maximum Gasteiger partial charge on any atom is 0.233 e. The van der Waals surface area contributed by atoms with Gasteiger partial charge in [0.25, 0.3) is 0 Å². The topological polar surface area (TPSA) is 56.9 Å². The van der Waals surface area contributed by atoms with Crippen LogP contribution in [-0.4, -0.2) is 30.5 Å². The minimum atomic E-state index is 0.0240. The molecule has 1 amide bonds. The highest BCUT2D eigenvalue weighted by atomic mass is 35.5. The Labute approximate surface area is 152 Å². The van der Waals surface area contributed by atoms with Gasteiger partial charge in [-0.25, -0.2) is 0 Å². The lowest BCUT2D eigenvalue weighted by Gasteiger charge is -2.07. The Kier molecular flexibility index (Phi) is 6.09. The normalized spacial score (nSPS) is 10.9. The molecular weight excluding hydrogens is 334 g/mol. The molecule has 0 saturated heterocycles. The second-order valence-electron chi connectivity index (χ2n) is 6.01. The van der Waals surface area contributed by atoms with Gasteiger partial charge in [0.05, 0.1) is 6.54 Å². The van der Waals surface area contributed by atoms with E-state index in [4.69, 9.17) is 11.6 Å². The molecule has 1 aromatic heterocycles. The molecule has 0 spiro atoms. The van der Waals surface area contributed by atoms with Crippen molar-refractivity contribution in [3.63, 3.8) is 0 Å². The highest BCUT2D eigenvalue weighted by molar-refractivity contribution is 6.30. The van der Waals surface area contributed by atoms with Crippen molar-refractivity contribution in [1.29, 1.82) is 0 Å². The number of H-pyrrole nitrogens is 1. The molecule has 0 aliphatic carbocycles. The second kappa shape index (κ2) is 8.70. The number of rotatable bonds is 8. The summed E-state index contributed by atoms with van der Waals surface area (Å²) < 4.78 is 0. The van der Waals surface area contributed by atoms with Crippen LogP contribution in [-0.2, 0) is 17.6 Å². The summed E-state index contributed by atoms with van der Waals surface area (Å²) >= 11 is 5.86. The van der Waals surface area contributed by atoms with Crippen LogP contribution in [0.2, 0.25) is 5.02 Å². The third kappa shape index (κ3) is 5.08. The number of hydrogen-bond donors (Lipinski definition) is 3. The van der Waals surface area contributed by atoms with E-state index < -0.39 is 0 Å². The molecule has 3 N–H and O–H groups in total. The molecule has 4 nitrogen and oxygen atoms in total. The zero-order valence-corrected chi connectivity index (χ0v) is 14.8. The zero-order valence-electron chi connectivity index (χ0n) is 14.0. The van der Waals surface area contributed by atoms with Gasteiger partial charge >= 0.3 is 0 Å². The number of aromatic amines is 1. The smallest absolute Gasteiger partial charge is 0.233 e. The molecule has 0 atom stereocenters. The van der Waals surface area contributed by atoms with E-state index in [0.29, 0.717) is 13.1 Å². The van der Waals surface area contributed by atoms with Crippen molar-refractivity contribution >= 4 is 28.4 Å². The summed E-state index contributed by atoms with van der Waals surface area (Å²) in [5.41, 5.74) is 3.57. The van der Waals surface area contributed by atoms with Crippen molar-refractivity contribution in [3.05, 3.63) is 70.9 Å². The Hall–Kier alpha value is -2.30. The van der Waals surface area contributed by atoms with Gasteiger partial charge in [0.2, 0.25) is 5.91 Å². The van der Waals surface area contributed by atoms with E-state index in [0.717, 1.165) is 29.9 Å². The fourth-order valence-corrected chi connectivity index (χ4v) is 2.95. The average molecular weight is 356 g/mol. The van der Waals surface area contributed by atoms with Crippen LogP contribution in [0.5, 0.6) is 0 Å². The number of carbonyl (C=O) groups excluding carboxylic acids is 1. The SMILES string of the molecule is O=C(CNCCc1ccc(Cl)cc1)NCCc1c[nH]c2ccccc12. The van der Waals surface area contributed by atoms with Gasteiger partial charge in [0.15, 0.2) is 0 Å². The number of amides is 1. The van der Waals surface area contributed by atoms with Gasteiger partial charge in [-0.1, -0.05) is 41.9 Å².